The third-order valence-electron chi connectivity index (χ3n) is 3.55. The van der Waals surface area contributed by atoms with Crippen LogP contribution in [0.25, 0.3) is 11.4 Å². The van der Waals surface area contributed by atoms with Gasteiger partial charge in [-0.15, -0.1) is 10.2 Å². The van der Waals surface area contributed by atoms with Gasteiger partial charge in [0.15, 0.2) is 11.0 Å². The average molecular weight is 404 g/mol. The monoisotopic (exact) mass is 404 g/mol. The van der Waals surface area contributed by atoms with Crippen LogP contribution in [0.1, 0.15) is 0 Å². The first-order valence-corrected chi connectivity index (χ1v) is 10.2. The molecule has 1 amide bonds. The zero-order valence-corrected chi connectivity index (χ0v) is 15.9. The Balaban J connectivity index is 1.64. The van der Waals surface area contributed by atoms with E-state index >= 15 is 0 Å². The van der Waals surface area contributed by atoms with Gasteiger partial charge in [-0.1, -0.05) is 17.8 Å². The lowest BCUT2D eigenvalue weighted by Crippen LogP contribution is -2.16. The Kier molecular flexibility index (Phi) is 5.54. The van der Waals surface area contributed by atoms with Crippen molar-refractivity contribution >= 4 is 33.4 Å². The van der Waals surface area contributed by atoms with Gasteiger partial charge in [-0.05, 0) is 30.3 Å². The molecule has 0 fully saturated rings. The molecule has 0 unspecified atom stereocenters. The van der Waals surface area contributed by atoms with Crippen LogP contribution in [0.5, 0.6) is 0 Å². The molecule has 27 heavy (non-hydrogen) atoms. The number of carbonyl (C=O) groups excluding carboxylic acids is 1. The summed E-state index contributed by atoms with van der Waals surface area (Å²) in [5, 5.41) is 16.5. The number of hydrogen-bond acceptors (Lipinski definition) is 7. The number of amides is 1. The van der Waals surface area contributed by atoms with Crippen LogP contribution in [0, 0.1) is 0 Å². The molecule has 2 aromatic heterocycles. The topological polar surface area (TPSA) is 133 Å². The third-order valence-corrected chi connectivity index (χ3v) is 5.48. The highest BCUT2D eigenvalue weighted by Gasteiger charge is 2.14. The Hall–Kier alpha value is -2.76. The normalized spacial score (nSPS) is 11.3. The van der Waals surface area contributed by atoms with Crippen LogP contribution >= 0.6 is 11.8 Å². The molecule has 0 atom stereocenters. The van der Waals surface area contributed by atoms with E-state index in [1.807, 2.05) is 19.2 Å². The second-order valence-corrected chi connectivity index (χ2v) is 8.01. The number of nitrogens with zero attached hydrogens (tertiary/aromatic N) is 4. The van der Waals surface area contributed by atoms with E-state index in [2.05, 4.69) is 20.5 Å². The van der Waals surface area contributed by atoms with Gasteiger partial charge in [-0.3, -0.25) is 9.78 Å². The number of hydrogen-bond donors (Lipinski definition) is 2. The zero-order valence-electron chi connectivity index (χ0n) is 14.2. The standard InChI is InChI=1S/C16H16N6O3S2/c1-22-15(11-5-7-18-8-6-11)20-21-16(22)26-10-14(23)19-12-3-2-4-13(9-12)27(17,24)25/h2-9H,10H2,1H3,(H,19,23)(H2,17,24,25). The van der Waals surface area contributed by atoms with E-state index in [0.29, 0.717) is 16.7 Å². The molecule has 9 nitrogen and oxygen atoms in total. The van der Waals surface area contributed by atoms with Gasteiger partial charge in [0.25, 0.3) is 0 Å². The number of pyridine rings is 1. The van der Waals surface area contributed by atoms with Crippen molar-refractivity contribution in [3.63, 3.8) is 0 Å². The highest BCUT2D eigenvalue weighted by molar-refractivity contribution is 7.99. The van der Waals surface area contributed by atoms with E-state index in [4.69, 9.17) is 5.14 Å². The van der Waals surface area contributed by atoms with Gasteiger partial charge < -0.3 is 9.88 Å². The van der Waals surface area contributed by atoms with Crippen LogP contribution in [-0.4, -0.2) is 39.8 Å². The largest absolute Gasteiger partial charge is 0.325 e. The van der Waals surface area contributed by atoms with Gasteiger partial charge in [-0.2, -0.15) is 0 Å². The molecule has 0 saturated heterocycles. The van der Waals surface area contributed by atoms with Crippen LogP contribution in [0.2, 0.25) is 0 Å². The maximum atomic E-state index is 12.2. The van der Waals surface area contributed by atoms with Crippen molar-refractivity contribution in [2.24, 2.45) is 12.2 Å². The Labute approximate surface area is 160 Å². The van der Waals surface area contributed by atoms with Gasteiger partial charge >= 0.3 is 0 Å². The van der Waals surface area contributed by atoms with E-state index in [9.17, 15) is 13.2 Å². The molecule has 0 bridgehead atoms. The fraction of sp³-hybridized carbons (Fsp3) is 0.125. The second-order valence-electron chi connectivity index (χ2n) is 5.51. The van der Waals surface area contributed by atoms with Gasteiger partial charge in [0.05, 0.1) is 10.6 Å². The fourth-order valence-electron chi connectivity index (χ4n) is 2.27. The Morgan fingerprint density at radius 1 is 1.22 bits per heavy atom. The van der Waals surface area contributed by atoms with Crippen LogP contribution in [-0.2, 0) is 21.9 Å². The van der Waals surface area contributed by atoms with E-state index in [1.54, 1.807) is 23.0 Å². The highest BCUT2D eigenvalue weighted by Crippen LogP contribution is 2.22. The van der Waals surface area contributed by atoms with Crippen LogP contribution in [0.15, 0.2) is 58.8 Å². The molecule has 1 aromatic carbocycles. The summed E-state index contributed by atoms with van der Waals surface area (Å²) in [4.78, 5) is 16.1. The first kappa shape index (κ1) is 19.0. The predicted molar refractivity (Wildman–Crippen MR) is 101 cm³/mol. The minimum Gasteiger partial charge on any atom is -0.325 e. The SMILES string of the molecule is Cn1c(SCC(=O)Nc2cccc(S(N)(=O)=O)c2)nnc1-c1ccncc1. The van der Waals surface area contributed by atoms with Crippen molar-refractivity contribution in [3.8, 4) is 11.4 Å². The van der Waals surface area contributed by atoms with Crippen LogP contribution in [0.3, 0.4) is 0 Å². The Morgan fingerprint density at radius 3 is 2.67 bits per heavy atom. The molecule has 0 aliphatic heterocycles. The van der Waals surface area contributed by atoms with E-state index in [0.717, 1.165) is 5.56 Å². The molecule has 11 heteroatoms. The molecule has 3 N–H and O–H groups in total. The molecule has 2 heterocycles. The summed E-state index contributed by atoms with van der Waals surface area (Å²) < 4.78 is 24.5. The van der Waals surface area contributed by atoms with Crippen LogP contribution in [0.4, 0.5) is 5.69 Å². The number of benzene rings is 1. The molecular formula is C16H16N6O3S2. The number of anilines is 1. The molecule has 0 aliphatic carbocycles. The minimum absolute atomic E-state index is 0.0664. The van der Waals surface area contributed by atoms with Crippen molar-refractivity contribution < 1.29 is 13.2 Å². The zero-order chi connectivity index (χ0) is 19.4. The lowest BCUT2D eigenvalue weighted by molar-refractivity contribution is -0.113. The molecule has 0 spiro atoms. The summed E-state index contributed by atoms with van der Waals surface area (Å²) in [6.45, 7) is 0. The van der Waals surface area contributed by atoms with E-state index in [-0.39, 0.29) is 16.6 Å². The highest BCUT2D eigenvalue weighted by atomic mass is 32.2. The summed E-state index contributed by atoms with van der Waals surface area (Å²) in [5.41, 5.74) is 1.22. The smallest absolute Gasteiger partial charge is 0.238 e. The lowest BCUT2D eigenvalue weighted by atomic mass is 10.2. The predicted octanol–water partition coefficient (Wildman–Crippen LogP) is 1.26. The summed E-state index contributed by atoms with van der Waals surface area (Å²) in [7, 11) is -2.02. The second kappa shape index (κ2) is 7.86. The molecular weight excluding hydrogens is 388 g/mol. The number of rotatable bonds is 6. The Morgan fingerprint density at radius 2 is 1.96 bits per heavy atom. The lowest BCUT2D eigenvalue weighted by Gasteiger charge is -2.07. The number of primary sulfonamides is 1. The summed E-state index contributed by atoms with van der Waals surface area (Å²) in [5.74, 6) is 0.447. The maximum absolute atomic E-state index is 12.2. The number of aromatic nitrogens is 4. The van der Waals surface area contributed by atoms with Gasteiger partial charge in [0.2, 0.25) is 15.9 Å². The third kappa shape index (κ3) is 4.70. The van der Waals surface area contributed by atoms with Gasteiger partial charge in [0, 0.05) is 30.7 Å². The number of nitrogens with one attached hydrogen (secondary N) is 1. The molecule has 3 aromatic rings. The van der Waals surface area contributed by atoms with Crippen molar-refractivity contribution in [2.75, 3.05) is 11.1 Å². The van der Waals surface area contributed by atoms with Crippen molar-refractivity contribution in [2.45, 2.75) is 10.1 Å². The van der Waals surface area contributed by atoms with Crippen molar-refractivity contribution in [1.29, 1.82) is 0 Å². The number of carbonyl (C=O) groups is 1. The molecule has 140 valence electrons. The Bertz CT molecular complexity index is 1070. The number of nitrogens with two attached hydrogens (primary N) is 1. The van der Waals surface area contributed by atoms with Crippen LogP contribution < -0.4 is 10.5 Å². The number of sulfonamides is 1. The summed E-state index contributed by atoms with van der Waals surface area (Å²) in [6, 6.07) is 9.41. The molecule has 3 rings (SSSR count). The maximum Gasteiger partial charge on any atom is 0.238 e. The fourth-order valence-corrected chi connectivity index (χ4v) is 3.54. The van der Waals surface area contributed by atoms with E-state index in [1.165, 1.54) is 30.0 Å². The first-order valence-electron chi connectivity index (χ1n) is 7.70. The minimum atomic E-state index is -3.83. The summed E-state index contributed by atoms with van der Waals surface area (Å²) >= 11 is 1.22. The quantitative estimate of drug-likeness (QED) is 0.591. The molecule has 0 radical (unpaired) electrons. The van der Waals surface area contributed by atoms with Crippen molar-refractivity contribution in [1.82, 2.24) is 19.7 Å². The van der Waals surface area contributed by atoms with E-state index < -0.39 is 10.0 Å². The summed E-state index contributed by atoms with van der Waals surface area (Å²) in [6.07, 6.45) is 3.33. The van der Waals surface area contributed by atoms with Gasteiger partial charge in [-0.25, -0.2) is 13.6 Å². The molecule has 0 saturated carbocycles. The molecule has 0 aliphatic rings. The van der Waals surface area contributed by atoms with Gasteiger partial charge in [0.1, 0.15) is 0 Å². The number of thioether (sulfide) groups is 1. The average Bonchev–Trinajstić information content (AvgIpc) is 3.01. The van der Waals surface area contributed by atoms with Crippen molar-refractivity contribution in [3.05, 3.63) is 48.8 Å². The first-order chi connectivity index (χ1) is 12.8.